The number of rotatable bonds is 8. The fraction of sp³-hybridized carbons (Fsp3) is 0.529. The van der Waals surface area contributed by atoms with Gasteiger partial charge in [0, 0.05) is 12.8 Å². The molecule has 0 atom stereocenters. The number of carbonyl (C=O) groups is 2. The van der Waals surface area contributed by atoms with Crippen molar-refractivity contribution in [2.45, 2.75) is 12.8 Å². The van der Waals surface area contributed by atoms with Crippen molar-refractivity contribution in [1.82, 2.24) is 10.7 Å². The van der Waals surface area contributed by atoms with Gasteiger partial charge in [0.25, 0.3) is 11.8 Å². The van der Waals surface area contributed by atoms with Gasteiger partial charge in [0.15, 0.2) is 18.0 Å². The Hall–Kier alpha value is -2.03. The van der Waals surface area contributed by atoms with E-state index in [0.717, 1.165) is 25.9 Å². The smallest absolute Gasteiger partial charge is 0.289 e. The molecule has 1 aromatic carbocycles. The van der Waals surface area contributed by atoms with Crippen LogP contribution in [0.1, 0.15) is 23.2 Å². The molecule has 1 aliphatic heterocycles. The molecule has 1 saturated heterocycles. The molecular weight excluding hydrogens is 360 g/mol. The Kier molecular flexibility index (Phi) is 7.07. The number of halogens is 1. The van der Waals surface area contributed by atoms with Gasteiger partial charge < -0.3 is 19.3 Å². The first kappa shape index (κ1) is 20.3. The van der Waals surface area contributed by atoms with Crippen molar-refractivity contribution in [3.8, 4) is 11.5 Å². The second kappa shape index (κ2) is 9.07. The van der Waals surface area contributed by atoms with Crippen LogP contribution in [0, 0.1) is 0 Å². The summed E-state index contributed by atoms with van der Waals surface area (Å²) >= 11 is 6.27. The Balaban J connectivity index is 2.01. The lowest BCUT2D eigenvalue weighted by Crippen LogP contribution is -2.55. The van der Waals surface area contributed by atoms with Gasteiger partial charge in [0.05, 0.1) is 51.0 Å². The van der Waals surface area contributed by atoms with E-state index in [9.17, 15) is 9.59 Å². The van der Waals surface area contributed by atoms with E-state index in [-0.39, 0.29) is 16.8 Å². The number of hydrogen-bond donors (Lipinski definition) is 3. The summed E-state index contributed by atoms with van der Waals surface area (Å²) in [5.41, 5.74) is 2.50. The van der Waals surface area contributed by atoms with E-state index in [1.807, 2.05) is 0 Å². The molecule has 0 saturated carbocycles. The number of nitrogens with one attached hydrogen (secondary N) is 2. The van der Waals surface area contributed by atoms with Crippen molar-refractivity contribution < 1.29 is 23.5 Å². The Labute approximate surface area is 158 Å². The van der Waals surface area contributed by atoms with Crippen molar-refractivity contribution in [2.75, 3.05) is 46.9 Å². The molecule has 0 aromatic heterocycles. The lowest BCUT2D eigenvalue weighted by molar-refractivity contribution is -0.908. The molecule has 0 aliphatic carbocycles. The summed E-state index contributed by atoms with van der Waals surface area (Å²) in [7, 11) is 2.97. The van der Waals surface area contributed by atoms with E-state index in [4.69, 9.17) is 26.9 Å². The van der Waals surface area contributed by atoms with Crippen LogP contribution >= 0.6 is 11.6 Å². The quantitative estimate of drug-likeness (QED) is 0.264. The first-order valence-corrected chi connectivity index (χ1v) is 8.87. The lowest BCUT2D eigenvalue weighted by atomic mass is 10.2. The van der Waals surface area contributed by atoms with Gasteiger partial charge in [-0.1, -0.05) is 11.6 Å². The van der Waals surface area contributed by atoms with Gasteiger partial charge in [-0.25, -0.2) is 5.84 Å². The second-order valence-corrected chi connectivity index (χ2v) is 6.74. The second-order valence-electron chi connectivity index (χ2n) is 6.36. The highest BCUT2D eigenvalue weighted by molar-refractivity contribution is 6.35. The number of nitrogens with zero attached hydrogens (tertiary/aromatic N) is 1. The molecule has 0 spiro atoms. The fourth-order valence-corrected chi connectivity index (χ4v) is 3.70. The van der Waals surface area contributed by atoms with E-state index >= 15 is 0 Å². The van der Waals surface area contributed by atoms with Crippen molar-refractivity contribution in [2.24, 2.45) is 5.84 Å². The number of methoxy groups -OCH3 is 2. The number of carbonyl (C=O) groups excluding carboxylic acids is 2. The molecule has 9 heteroatoms. The molecule has 1 aliphatic rings. The van der Waals surface area contributed by atoms with Crippen molar-refractivity contribution in [3.05, 3.63) is 22.7 Å². The highest BCUT2D eigenvalue weighted by Gasteiger charge is 2.34. The molecule has 1 fully saturated rings. The molecule has 0 bridgehead atoms. The minimum absolute atomic E-state index is 0.193. The Morgan fingerprint density at radius 1 is 1.23 bits per heavy atom. The minimum Gasteiger partial charge on any atom is -0.493 e. The topological polar surface area (TPSA) is 103 Å². The van der Waals surface area contributed by atoms with Gasteiger partial charge in [-0.15, -0.1) is 0 Å². The van der Waals surface area contributed by atoms with Gasteiger partial charge in [-0.05, 0) is 12.1 Å². The highest BCUT2D eigenvalue weighted by atomic mass is 35.5. The molecule has 1 aromatic rings. The molecule has 144 valence electrons. The van der Waals surface area contributed by atoms with Crippen LogP contribution in [-0.4, -0.2) is 63.2 Å². The number of hydrazine groups is 1. The maximum absolute atomic E-state index is 12.5. The molecule has 2 rings (SSSR count). The summed E-state index contributed by atoms with van der Waals surface area (Å²) in [4.78, 5) is 24.2. The third kappa shape index (κ3) is 4.57. The first-order chi connectivity index (χ1) is 12.5. The Morgan fingerprint density at radius 2 is 1.92 bits per heavy atom. The summed E-state index contributed by atoms with van der Waals surface area (Å²) in [5.74, 6) is 5.51. The SMILES string of the molecule is COc1ccc(C(=O)NCC[N+]2(CC(=O)NN)CCCC2)c(Cl)c1OC. The Morgan fingerprint density at radius 3 is 2.50 bits per heavy atom. The number of amides is 2. The summed E-state index contributed by atoms with van der Waals surface area (Å²) in [6.45, 7) is 3.22. The van der Waals surface area contributed by atoms with E-state index < -0.39 is 0 Å². The third-order valence-corrected chi connectivity index (χ3v) is 5.13. The van der Waals surface area contributed by atoms with Crippen LogP contribution in [0.4, 0.5) is 0 Å². The van der Waals surface area contributed by atoms with E-state index in [1.54, 1.807) is 12.1 Å². The van der Waals surface area contributed by atoms with Crippen molar-refractivity contribution in [1.29, 1.82) is 0 Å². The molecule has 4 N–H and O–H groups in total. The number of hydrogen-bond acceptors (Lipinski definition) is 5. The number of benzene rings is 1. The van der Waals surface area contributed by atoms with Crippen LogP contribution in [0.3, 0.4) is 0 Å². The molecule has 1 heterocycles. The molecule has 8 nitrogen and oxygen atoms in total. The van der Waals surface area contributed by atoms with Gasteiger partial charge in [0.2, 0.25) is 0 Å². The van der Waals surface area contributed by atoms with Crippen molar-refractivity contribution >= 4 is 23.4 Å². The molecule has 26 heavy (non-hydrogen) atoms. The predicted octanol–water partition coefficient (Wildman–Crippen LogP) is 0.688. The standard InChI is InChI=1S/C17H25ClN4O4/c1-25-13-6-5-12(15(18)16(13)26-2)17(24)20-7-10-22(8-3-4-9-22)11-14(23)21-19/h5-6H,3-4,7-11,19H2,1-2H3,(H-,20,21,23,24)/p+1. The van der Waals surface area contributed by atoms with E-state index in [0.29, 0.717) is 41.2 Å². The third-order valence-electron chi connectivity index (χ3n) is 4.76. The zero-order chi connectivity index (χ0) is 19.2. The van der Waals surface area contributed by atoms with Gasteiger partial charge in [-0.2, -0.15) is 0 Å². The average molecular weight is 386 g/mol. The predicted molar refractivity (Wildman–Crippen MR) is 98.2 cm³/mol. The zero-order valence-electron chi connectivity index (χ0n) is 15.1. The highest BCUT2D eigenvalue weighted by Crippen LogP contribution is 2.37. The van der Waals surface area contributed by atoms with Crippen LogP contribution in [-0.2, 0) is 4.79 Å². The normalized spacial score (nSPS) is 15.4. The summed E-state index contributed by atoms with van der Waals surface area (Å²) in [5, 5.41) is 3.08. The maximum Gasteiger partial charge on any atom is 0.289 e. The average Bonchev–Trinajstić information content (AvgIpc) is 3.09. The van der Waals surface area contributed by atoms with Crippen LogP contribution < -0.4 is 26.1 Å². The fourth-order valence-electron chi connectivity index (χ4n) is 3.38. The van der Waals surface area contributed by atoms with E-state index in [2.05, 4.69) is 10.7 Å². The van der Waals surface area contributed by atoms with Crippen LogP contribution in [0.2, 0.25) is 5.02 Å². The number of quaternary nitrogens is 1. The van der Waals surface area contributed by atoms with Crippen molar-refractivity contribution in [3.63, 3.8) is 0 Å². The molecular formula is C17H26ClN4O4+. The largest absolute Gasteiger partial charge is 0.493 e. The van der Waals surface area contributed by atoms with Crippen LogP contribution in [0.25, 0.3) is 0 Å². The number of likely N-dealkylation sites (tertiary alicyclic amines) is 1. The number of ether oxygens (including phenoxy) is 2. The first-order valence-electron chi connectivity index (χ1n) is 8.49. The van der Waals surface area contributed by atoms with Gasteiger partial charge >= 0.3 is 0 Å². The molecule has 0 unspecified atom stereocenters. The monoisotopic (exact) mass is 385 g/mol. The summed E-state index contributed by atoms with van der Waals surface area (Å²) in [6, 6.07) is 3.24. The molecule has 0 radical (unpaired) electrons. The lowest BCUT2D eigenvalue weighted by Gasteiger charge is -2.33. The van der Waals surface area contributed by atoms with Gasteiger partial charge in [0.1, 0.15) is 0 Å². The minimum atomic E-state index is -0.295. The van der Waals surface area contributed by atoms with E-state index in [1.165, 1.54) is 14.2 Å². The number of nitrogens with two attached hydrogens (primary N) is 1. The van der Waals surface area contributed by atoms with Gasteiger partial charge in [-0.3, -0.25) is 15.0 Å². The van der Waals surface area contributed by atoms with Crippen LogP contribution in [0.5, 0.6) is 11.5 Å². The summed E-state index contributed by atoms with van der Waals surface area (Å²) in [6.07, 6.45) is 2.13. The van der Waals surface area contributed by atoms with Crippen LogP contribution in [0.15, 0.2) is 12.1 Å². The zero-order valence-corrected chi connectivity index (χ0v) is 15.9. The maximum atomic E-state index is 12.5. The molecule has 2 amide bonds. The Bertz CT molecular complexity index is 662. The summed E-state index contributed by atoms with van der Waals surface area (Å²) < 4.78 is 11.0.